The summed E-state index contributed by atoms with van der Waals surface area (Å²) in [5.41, 5.74) is 3.73. The highest BCUT2D eigenvalue weighted by Crippen LogP contribution is 2.27. The summed E-state index contributed by atoms with van der Waals surface area (Å²) < 4.78 is 33.3. The van der Waals surface area contributed by atoms with Crippen LogP contribution in [0.2, 0.25) is 0 Å². The van der Waals surface area contributed by atoms with Crippen molar-refractivity contribution in [2.45, 2.75) is 40.7 Å². The molecule has 0 amide bonds. The number of halogens is 1. The molecule has 216 valence electrons. The van der Waals surface area contributed by atoms with Crippen LogP contribution < -0.4 is 4.74 Å². The molecule has 0 spiro atoms. The van der Waals surface area contributed by atoms with Gasteiger partial charge in [0.1, 0.15) is 23.9 Å². The van der Waals surface area contributed by atoms with Gasteiger partial charge in [0.15, 0.2) is 0 Å². The first-order valence-corrected chi connectivity index (χ1v) is 12.8. The molecule has 0 bridgehead atoms. The highest BCUT2D eigenvalue weighted by atomic mass is 19.1. The second-order valence-electron chi connectivity index (χ2n) is 8.38. The van der Waals surface area contributed by atoms with Gasteiger partial charge in [0, 0.05) is 18.1 Å². The van der Waals surface area contributed by atoms with Crippen LogP contribution in [0, 0.1) is 11.7 Å². The summed E-state index contributed by atoms with van der Waals surface area (Å²) in [7, 11) is 4.51. The Balaban J connectivity index is 0.000000377. The maximum Gasteiger partial charge on any atom is 0.308 e. The maximum atomic E-state index is 13.8. The topological polar surface area (TPSA) is 91.3 Å². The maximum absolute atomic E-state index is 13.8. The van der Waals surface area contributed by atoms with Crippen molar-refractivity contribution in [2.24, 2.45) is 5.92 Å². The number of aromatic hydroxyl groups is 1. The average molecular weight is 555 g/mol. The van der Waals surface area contributed by atoms with Crippen LogP contribution >= 0.6 is 0 Å². The van der Waals surface area contributed by atoms with E-state index in [-0.39, 0.29) is 30.1 Å². The minimum absolute atomic E-state index is 0.0155. The van der Waals surface area contributed by atoms with Gasteiger partial charge >= 0.3 is 11.9 Å². The fourth-order valence-electron chi connectivity index (χ4n) is 3.47. The van der Waals surface area contributed by atoms with Crippen molar-refractivity contribution >= 4 is 18.0 Å². The van der Waals surface area contributed by atoms with Gasteiger partial charge in [-0.05, 0) is 59.5 Å². The fraction of sp³-hybridized carbons (Fsp3) is 0.312. The van der Waals surface area contributed by atoms with Crippen LogP contribution in [0.1, 0.15) is 44.4 Å². The molecule has 0 aromatic heterocycles. The number of ether oxygens (including phenoxy) is 4. The zero-order valence-electron chi connectivity index (χ0n) is 24.2. The molecule has 0 heterocycles. The van der Waals surface area contributed by atoms with E-state index in [0.717, 1.165) is 16.7 Å². The number of phenols is 1. The molecule has 0 aliphatic rings. The summed E-state index contributed by atoms with van der Waals surface area (Å²) in [5, 5.41) is 9.65. The highest BCUT2D eigenvalue weighted by molar-refractivity contribution is 5.72. The van der Waals surface area contributed by atoms with Crippen LogP contribution in [0.15, 0.2) is 66.9 Å². The zero-order chi connectivity index (χ0) is 30.1. The molecule has 40 heavy (non-hydrogen) atoms. The molecule has 3 aromatic rings. The van der Waals surface area contributed by atoms with E-state index in [1.807, 2.05) is 44.2 Å². The number of carbonyl (C=O) groups is 2. The number of rotatable bonds is 9. The van der Waals surface area contributed by atoms with E-state index in [2.05, 4.69) is 4.74 Å². The number of hydrogen-bond donors (Lipinski definition) is 1. The minimum atomic E-state index is -0.410. The van der Waals surface area contributed by atoms with Crippen molar-refractivity contribution in [1.82, 2.24) is 0 Å². The van der Waals surface area contributed by atoms with Crippen molar-refractivity contribution in [2.75, 3.05) is 21.3 Å². The molecular formula is C32H39FO7. The van der Waals surface area contributed by atoms with E-state index >= 15 is 0 Å². The first kappa shape index (κ1) is 33.7. The second-order valence-corrected chi connectivity index (χ2v) is 8.38. The standard InChI is InChI=1S/C16H15FO2.C14H18O5.C2H6/c1-18-10-9-12-3-5-13(6-4-12)15-11-14(19-2)7-8-16(15)17;1-9(14(17)18-3)6-11-4-5-13(16)12(7-11)8-19-10(2)15;1-2/h3-11H,1-2H3;4-5,7,9,16H,6,8H2,1-3H3;1-2H3/b10-9+;;. The van der Waals surface area contributed by atoms with Gasteiger partial charge in [-0.3, -0.25) is 9.59 Å². The molecule has 1 unspecified atom stereocenters. The fourth-order valence-corrected chi connectivity index (χ4v) is 3.47. The lowest BCUT2D eigenvalue weighted by Crippen LogP contribution is -2.15. The molecule has 7 nitrogen and oxygen atoms in total. The lowest BCUT2D eigenvalue weighted by Gasteiger charge is -2.11. The van der Waals surface area contributed by atoms with Gasteiger partial charge in [-0.15, -0.1) is 0 Å². The molecule has 0 aliphatic carbocycles. The van der Waals surface area contributed by atoms with Gasteiger partial charge in [0.05, 0.1) is 33.5 Å². The summed E-state index contributed by atoms with van der Waals surface area (Å²) >= 11 is 0. The second kappa shape index (κ2) is 18.0. The van der Waals surface area contributed by atoms with Gasteiger partial charge in [-0.2, -0.15) is 0 Å². The Morgan fingerprint density at radius 2 is 1.65 bits per heavy atom. The molecule has 0 fully saturated rings. The molecule has 0 saturated heterocycles. The minimum Gasteiger partial charge on any atom is -0.508 e. The van der Waals surface area contributed by atoms with Crippen LogP contribution in [-0.2, 0) is 36.8 Å². The normalized spacial score (nSPS) is 10.8. The number of hydrogen-bond acceptors (Lipinski definition) is 7. The largest absolute Gasteiger partial charge is 0.508 e. The number of phenolic OH excluding ortho intramolecular Hbond substituents is 1. The Bertz CT molecular complexity index is 1240. The predicted octanol–water partition coefficient (Wildman–Crippen LogP) is 6.95. The SMILES string of the molecule is CC.CO/C=C/c1ccc(-c2cc(OC)ccc2F)cc1.COC(=O)C(C)Cc1ccc(O)c(COC(C)=O)c1. The van der Waals surface area contributed by atoms with E-state index < -0.39 is 5.97 Å². The smallest absolute Gasteiger partial charge is 0.308 e. The lowest BCUT2D eigenvalue weighted by atomic mass is 9.99. The third-order valence-corrected chi connectivity index (χ3v) is 5.51. The van der Waals surface area contributed by atoms with Crippen LogP contribution in [0.25, 0.3) is 17.2 Å². The molecule has 1 atom stereocenters. The third-order valence-electron chi connectivity index (χ3n) is 5.51. The van der Waals surface area contributed by atoms with E-state index in [4.69, 9.17) is 14.2 Å². The molecule has 0 aliphatic heterocycles. The van der Waals surface area contributed by atoms with E-state index in [9.17, 15) is 19.1 Å². The Hall–Kier alpha value is -4.33. The van der Waals surface area contributed by atoms with E-state index in [0.29, 0.717) is 23.3 Å². The van der Waals surface area contributed by atoms with Gasteiger partial charge in [-0.1, -0.05) is 51.1 Å². The predicted molar refractivity (Wildman–Crippen MR) is 154 cm³/mol. The Kier molecular flexibility index (Phi) is 15.2. The molecule has 0 radical (unpaired) electrons. The molecule has 0 saturated carbocycles. The molecular weight excluding hydrogens is 515 g/mol. The summed E-state index contributed by atoms with van der Waals surface area (Å²) in [5.74, 6) is -0.519. The molecule has 8 heteroatoms. The lowest BCUT2D eigenvalue weighted by molar-refractivity contribution is -0.145. The number of benzene rings is 3. The first-order chi connectivity index (χ1) is 19.2. The van der Waals surface area contributed by atoms with Crippen molar-refractivity contribution in [3.05, 3.63) is 89.4 Å². The summed E-state index contributed by atoms with van der Waals surface area (Å²) in [4.78, 5) is 22.1. The number of carbonyl (C=O) groups excluding carboxylic acids is 2. The Labute approximate surface area is 236 Å². The number of esters is 2. The average Bonchev–Trinajstić information content (AvgIpc) is 2.97. The summed E-state index contributed by atoms with van der Waals surface area (Å²) in [6.07, 6.45) is 3.94. The number of methoxy groups -OCH3 is 3. The van der Waals surface area contributed by atoms with E-state index in [1.165, 1.54) is 26.2 Å². The molecule has 1 N–H and O–H groups in total. The van der Waals surface area contributed by atoms with Crippen molar-refractivity contribution in [1.29, 1.82) is 0 Å². The molecule has 3 aromatic carbocycles. The van der Waals surface area contributed by atoms with E-state index in [1.54, 1.807) is 51.7 Å². The van der Waals surface area contributed by atoms with Crippen LogP contribution in [0.3, 0.4) is 0 Å². The van der Waals surface area contributed by atoms with Crippen LogP contribution in [0.5, 0.6) is 11.5 Å². The van der Waals surface area contributed by atoms with Crippen LogP contribution in [-0.4, -0.2) is 38.4 Å². The van der Waals surface area contributed by atoms with Crippen LogP contribution in [0.4, 0.5) is 4.39 Å². The van der Waals surface area contributed by atoms with Gasteiger partial charge in [0.2, 0.25) is 0 Å². The quantitative estimate of drug-likeness (QED) is 0.226. The molecule has 3 rings (SSSR count). The first-order valence-electron chi connectivity index (χ1n) is 12.8. The van der Waals surface area contributed by atoms with Crippen molar-refractivity contribution < 1.29 is 38.0 Å². The van der Waals surface area contributed by atoms with Crippen molar-refractivity contribution in [3.63, 3.8) is 0 Å². The highest BCUT2D eigenvalue weighted by Gasteiger charge is 2.15. The van der Waals surface area contributed by atoms with Gasteiger partial charge in [-0.25, -0.2) is 4.39 Å². The zero-order valence-corrected chi connectivity index (χ0v) is 24.2. The summed E-state index contributed by atoms with van der Waals surface area (Å²) in [6.45, 7) is 7.09. The Morgan fingerprint density at radius 3 is 2.23 bits per heavy atom. The van der Waals surface area contributed by atoms with Gasteiger partial charge in [0.25, 0.3) is 0 Å². The Morgan fingerprint density at radius 1 is 0.975 bits per heavy atom. The van der Waals surface area contributed by atoms with Gasteiger partial charge < -0.3 is 24.1 Å². The van der Waals surface area contributed by atoms with Crippen molar-refractivity contribution in [3.8, 4) is 22.6 Å². The third kappa shape index (κ3) is 11.2. The monoisotopic (exact) mass is 554 g/mol. The summed E-state index contributed by atoms with van der Waals surface area (Å²) in [6, 6.07) is 17.2.